The molecular formula is C19H18N4O3. The molecule has 0 radical (unpaired) electrons. The molecule has 1 amide bonds. The van der Waals surface area contributed by atoms with Gasteiger partial charge in [0.15, 0.2) is 0 Å². The normalized spacial score (nSPS) is 16.7. The van der Waals surface area contributed by atoms with Crippen LogP contribution in [0.2, 0.25) is 0 Å². The van der Waals surface area contributed by atoms with Gasteiger partial charge in [0.25, 0.3) is 5.91 Å². The first-order valence-corrected chi connectivity index (χ1v) is 8.41. The number of nitrogens with zero attached hydrogens (tertiary/aromatic N) is 4. The summed E-state index contributed by atoms with van der Waals surface area (Å²) in [7, 11) is 1.62. The number of ether oxygens (including phenoxy) is 1. The zero-order valence-corrected chi connectivity index (χ0v) is 14.3. The lowest BCUT2D eigenvalue weighted by atomic mass is 10.1. The number of hydrogen-bond donors (Lipinski definition) is 0. The van der Waals surface area contributed by atoms with Crippen molar-refractivity contribution in [2.24, 2.45) is 0 Å². The van der Waals surface area contributed by atoms with Crippen molar-refractivity contribution in [2.75, 3.05) is 20.2 Å². The van der Waals surface area contributed by atoms with Gasteiger partial charge in [-0.3, -0.25) is 9.78 Å². The van der Waals surface area contributed by atoms with E-state index in [1.807, 2.05) is 29.2 Å². The van der Waals surface area contributed by atoms with E-state index in [2.05, 4.69) is 15.2 Å². The van der Waals surface area contributed by atoms with Crippen molar-refractivity contribution in [2.45, 2.75) is 12.3 Å². The second-order valence-corrected chi connectivity index (χ2v) is 6.15. The van der Waals surface area contributed by atoms with E-state index in [1.165, 1.54) is 0 Å². The summed E-state index contributed by atoms with van der Waals surface area (Å²) in [5.41, 5.74) is 1.48. The molecule has 0 aliphatic carbocycles. The Morgan fingerprint density at radius 2 is 1.92 bits per heavy atom. The third-order valence-corrected chi connectivity index (χ3v) is 4.53. The van der Waals surface area contributed by atoms with Gasteiger partial charge in [0, 0.05) is 36.6 Å². The molecule has 1 aliphatic heterocycles. The predicted octanol–water partition coefficient (Wildman–Crippen LogP) is 2.77. The quantitative estimate of drug-likeness (QED) is 0.720. The van der Waals surface area contributed by atoms with Gasteiger partial charge < -0.3 is 14.1 Å². The Kier molecular flexibility index (Phi) is 4.35. The maximum Gasteiger partial charge on any atom is 0.253 e. The monoisotopic (exact) mass is 350 g/mol. The van der Waals surface area contributed by atoms with Crippen LogP contribution in [-0.2, 0) is 0 Å². The first-order valence-electron chi connectivity index (χ1n) is 8.41. The summed E-state index contributed by atoms with van der Waals surface area (Å²) in [6.45, 7) is 1.25. The minimum atomic E-state index is 0.00444. The van der Waals surface area contributed by atoms with Crippen LogP contribution in [-0.4, -0.2) is 46.2 Å². The average molecular weight is 350 g/mol. The lowest BCUT2D eigenvalue weighted by Crippen LogP contribution is -2.28. The fourth-order valence-corrected chi connectivity index (χ4v) is 3.07. The summed E-state index contributed by atoms with van der Waals surface area (Å²) in [4.78, 5) is 18.3. The smallest absolute Gasteiger partial charge is 0.253 e. The van der Waals surface area contributed by atoms with Gasteiger partial charge in [0.1, 0.15) is 5.75 Å². The molecule has 7 heteroatoms. The summed E-state index contributed by atoms with van der Waals surface area (Å²) >= 11 is 0. The number of hydrogen-bond acceptors (Lipinski definition) is 6. The van der Waals surface area contributed by atoms with Gasteiger partial charge in [0.05, 0.1) is 13.0 Å². The number of likely N-dealkylation sites (tertiary alicyclic amines) is 1. The number of rotatable bonds is 4. The number of carbonyl (C=O) groups is 1. The van der Waals surface area contributed by atoms with Crippen LogP contribution in [0.15, 0.2) is 53.2 Å². The van der Waals surface area contributed by atoms with Crippen molar-refractivity contribution < 1.29 is 13.9 Å². The Morgan fingerprint density at radius 3 is 2.65 bits per heavy atom. The standard InChI is InChI=1S/C19H18N4O3/c1-25-16-4-2-13(3-5-16)17-21-22-18(26-17)15-8-11-23(12-15)19(24)14-6-9-20-10-7-14/h2-7,9-10,15H,8,11-12H2,1H3/t15-/m0/s1. The molecule has 4 rings (SSSR count). The van der Waals surface area contributed by atoms with Crippen LogP contribution in [0.3, 0.4) is 0 Å². The van der Waals surface area contributed by atoms with Gasteiger partial charge in [-0.25, -0.2) is 0 Å². The predicted molar refractivity (Wildman–Crippen MR) is 93.8 cm³/mol. The van der Waals surface area contributed by atoms with E-state index in [-0.39, 0.29) is 11.8 Å². The van der Waals surface area contributed by atoms with E-state index in [1.54, 1.807) is 31.6 Å². The molecule has 2 aromatic heterocycles. The van der Waals surface area contributed by atoms with Crippen LogP contribution in [0.4, 0.5) is 0 Å². The van der Waals surface area contributed by atoms with Crippen LogP contribution in [0.1, 0.15) is 28.6 Å². The van der Waals surface area contributed by atoms with E-state index in [0.717, 1.165) is 17.7 Å². The molecule has 0 bridgehead atoms. The molecule has 132 valence electrons. The largest absolute Gasteiger partial charge is 0.497 e. The van der Waals surface area contributed by atoms with Crippen molar-refractivity contribution in [1.29, 1.82) is 0 Å². The third-order valence-electron chi connectivity index (χ3n) is 4.53. The molecule has 1 aromatic carbocycles. The van der Waals surface area contributed by atoms with Crippen molar-refractivity contribution in [1.82, 2.24) is 20.1 Å². The van der Waals surface area contributed by atoms with E-state index in [0.29, 0.717) is 30.4 Å². The fourth-order valence-electron chi connectivity index (χ4n) is 3.07. The zero-order chi connectivity index (χ0) is 17.9. The average Bonchev–Trinajstić information content (AvgIpc) is 3.38. The molecule has 3 aromatic rings. The number of benzene rings is 1. The summed E-state index contributed by atoms with van der Waals surface area (Å²) in [5, 5.41) is 8.33. The van der Waals surface area contributed by atoms with Crippen LogP contribution in [0.25, 0.3) is 11.5 Å². The maximum atomic E-state index is 12.5. The molecule has 7 nitrogen and oxygen atoms in total. The molecule has 26 heavy (non-hydrogen) atoms. The van der Waals surface area contributed by atoms with Crippen molar-refractivity contribution >= 4 is 5.91 Å². The first-order chi connectivity index (χ1) is 12.7. The number of methoxy groups -OCH3 is 1. The van der Waals surface area contributed by atoms with E-state index < -0.39 is 0 Å². The molecule has 0 unspecified atom stereocenters. The molecule has 1 fully saturated rings. The fraction of sp³-hybridized carbons (Fsp3) is 0.263. The highest BCUT2D eigenvalue weighted by Gasteiger charge is 2.31. The number of carbonyl (C=O) groups excluding carboxylic acids is 1. The van der Waals surface area contributed by atoms with Crippen molar-refractivity contribution in [3.63, 3.8) is 0 Å². The Bertz CT molecular complexity index is 893. The van der Waals surface area contributed by atoms with Crippen LogP contribution < -0.4 is 4.74 Å². The van der Waals surface area contributed by atoms with Gasteiger partial charge in [-0.2, -0.15) is 0 Å². The van der Waals surface area contributed by atoms with Crippen LogP contribution in [0, 0.1) is 0 Å². The summed E-state index contributed by atoms with van der Waals surface area (Å²) in [6, 6.07) is 10.9. The van der Waals surface area contributed by atoms with Crippen LogP contribution >= 0.6 is 0 Å². The van der Waals surface area contributed by atoms with Gasteiger partial charge >= 0.3 is 0 Å². The summed E-state index contributed by atoms with van der Waals surface area (Å²) in [5.74, 6) is 1.88. The molecule has 1 aliphatic rings. The Morgan fingerprint density at radius 1 is 1.15 bits per heavy atom. The molecule has 0 N–H and O–H groups in total. The Balaban J connectivity index is 1.46. The van der Waals surface area contributed by atoms with Gasteiger partial charge in [-0.15, -0.1) is 10.2 Å². The van der Waals surface area contributed by atoms with Crippen molar-refractivity contribution in [3.8, 4) is 17.2 Å². The van der Waals surface area contributed by atoms with Crippen molar-refractivity contribution in [3.05, 3.63) is 60.2 Å². The maximum absolute atomic E-state index is 12.5. The minimum absolute atomic E-state index is 0.00444. The van der Waals surface area contributed by atoms with Gasteiger partial charge in [0.2, 0.25) is 11.8 Å². The van der Waals surface area contributed by atoms with Crippen LogP contribution in [0.5, 0.6) is 5.75 Å². The van der Waals surface area contributed by atoms with E-state index in [4.69, 9.17) is 9.15 Å². The molecule has 0 saturated carbocycles. The third kappa shape index (κ3) is 3.15. The molecular weight excluding hydrogens is 332 g/mol. The number of pyridine rings is 1. The highest BCUT2D eigenvalue weighted by molar-refractivity contribution is 5.94. The van der Waals surface area contributed by atoms with Gasteiger partial charge in [-0.1, -0.05) is 0 Å². The molecule has 1 atom stereocenters. The second kappa shape index (κ2) is 6.95. The second-order valence-electron chi connectivity index (χ2n) is 6.15. The van der Waals surface area contributed by atoms with E-state index in [9.17, 15) is 4.79 Å². The minimum Gasteiger partial charge on any atom is -0.497 e. The molecule has 0 spiro atoms. The lowest BCUT2D eigenvalue weighted by Gasteiger charge is -2.15. The number of amides is 1. The first kappa shape index (κ1) is 16.3. The van der Waals surface area contributed by atoms with Gasteiger partial charge in [-0.05, 0) is 42.8 Å². The SMILES string of the molecule is COc1ccc(-c2nnc([C@H]3CCN(C(=O)c4ccncc4)C3)o2)cc1. The zero-order valence-electron chi connectivity index (χ0n) is 14.3. The summed E-state index contributed by atoms with van der Waals surface area (Å²) < 4.78 is 11.0. The highest BCUT2D eigenvalue weighted by atomic mass is 16.5. The Labute approximate surface area is 150 Å². The lowest BCUT2D eigenvalue weighted by molar-refractivity contribution is 0.0790. The molecule has 1 saturated heterocycles. The molecule has 3 heterocycles. The number of aromatic nitrogens is 3. The topological polar surface area (TPSA) is 81.4 Å². The summed E-state index contributed by atoms with van der Waals surface area (Å²) in [6.07, 6.45) is 4.06. The van der Waals surface area contributed by atoms with E-state index >= 15 is 0 Å². The Hall–Kier alpha value is -3.22. The highest BCUT2D eigenvalue weighted by Crippen LogP contribution is 2.29.